The molecule has 0 unspecified atom stereocenters. The monoisotopic (exact) mass is 284 g/mol. The lowest BCUT2D eigenvalue weighted by Gasteiger charge is -2.10. The van der Waals surface area contributed by atoms with Crippen LogP contribution in [-0.4, -0.2) is 29.1 Å². The van der Waals surface area contributed by atoms with Crippen molar-refractivity contribution in [3.8, 4) is 0 Å². The van der Waals surface area contributed by atoms with Crippen molar-refractivity contribution < 1.29 is 9.90 Å². The van der Waals surface area contributed by atoms with Gasteiger partial charge in [-0.2, -0.15) is 0 Å². The molecule has 2 N–H and O–H groups in total. The van der Waals surface area contributed by atoms with Crippen molar-refractivity contribution in [1.29, 1.82) is 0 Å². The normalized spacial score (nSPS) is 14.4. The SMILES string of the molecule is Cc1ccc2nc(C3CC3)cc(C(=O)NCCCO)c2c1. The molecule has 0 bridgehead atoms. The summed E-state index contributed by atoms with van der Waals surface area (Å²) in [5.74, 6) is 0.433. The van der Waals surface area contributed by atoms with E-state index in [9.17, 15) is 4.79 Å². The second kappa shape index (κ2) is 5.82. The third-order valence-electron chi connectivity index (χ3n) is 3.84. The first-order valence-electron chi connectivity index (χ1n) is 7.49. The van der Waals surface area contributed by atoms with E-state index in [-0.39, 0.29) is 12.5 Å². The number of hydrogen-bond donors (Lipinski definition) is 2. The predicted molar refractivity (Wildman–Crippen MR) is 82.5 cm³/mol. The Balaban J connectivity index is 2.00. The van der Waals surface area contributed by atoms with Gasteiger partial charge in [0, 0.05) is 30.1 Å². The molecular weight excluding hydrogens is 264 g/mol. The van der Waals surface area contributed by atoms with E-state index in [2.05, 4.69) is 5.32 Å². The first kappa shape index (κ1) is 14.0. The van der Waals surface area contributed by atoms with E-state index in [0.717, 1.165) is 35.0 Å². The first-order chi connectivity index (χ1) is 10.2. The molecule has 0 radical (unpaired) electrons. The molecule has 1 aromatic carbocycles. The van der Waals surface area contributed by atoms with Gasteiger partial charge < -0.3 is 10.4 Å². The van der Waals surface area contributed by atoms with Crippen molar-refractivity contribution in [2.24, 2.45) is 0 Å². The molecule has 1 aliphatic carbocycles. The molecule has 4 nitrogen and oxygen atoms in total. The van der Waals surface area contributed by atoms with Crippen LogP contribution in [0, 0.1) is 6.92 Å². The van der Waals surface area contributed by atoms with Crippen LogP contribution in [-0.2, 0) is 0 Å². The van der Waals surface area contributed by atoms with Crippen molar-refractivity contribution in [3.63, 3.8) is 0 Å². The summed E-state index contributed by atoms with van der Waals surface area (Å²) in [6, 6.07) is 7.97. The van der Waals surface area contributed by atoms with E-state index >= 15 is 0 Å². The molecule has 1 saturated carbocycles. The number of carbonyl (C=O) groups excluding carboxylic acids is 1. The van der Waals surface area contributed by atoms with Gasteiger partial charge in [-0.15, -0.1) is 0 Å². The molecule has 1 aromatic heterocycles. The molecule has 4 heteroatoms. The number of pyridine rings is 1. The first-order valence-corrected chi connectivity index (χ1v) is 7.49. The van der Waals surface area contributed by atoms with E-state index in [1.165, 1.54) is 0 Å². The van der Waals surface area contributed by atoms with Crippen LogP contribution in [0.4, 0.5) is 0 Å². The van der Waals surface area contributed by atoms with E-state index in [4.69, 9.17) is 10.1 Å². The highest BCUT2D eigenvalue weighted by Gasteiger charge is 2.26. The minimum atomic E-state index is -0.0802. The number of nitrogens with one attached hydrogen (secondary N) is 1. The summed E-state index contributed by atoms with van der Waals surface area (Å²) in [6.07, 6.45) is 2.90. The molecule has 1 heterocycles. The number of rotatable bonds is 5. The maximum atomic E-state index is 12.4. The number of nitrogens with zero attached hydrogens (tertiary/aromatic N) is 1. The third-order valence-corrected chi connectivity index (χ3v) is 3.84. The molecule has 110 valence electrons. The van der Waals surface area contributed by atoms with Crippen LogP contribution in [0.25, 0.3) is 10.9 Å². The second-order valence-electron chi connectivity index (χ2n) is 5.72. The zero-order chi connectivity index (χ0) is 14.8. The lowest BCUT2D eigenvalue weighted by atomic mass is 10.0. The smallest absolute Gasteiger partial charge is 0.252 e. The Kier molecular flexibility index (Phi) is 3.88. The molecule has 0 aliphatic heterocycles. The molecule has 2 aromatic rings. The summed E-state index contributed by atoms with van der Waals surface area (Å²) in [7, 11) is 0. The van der Waals surface area contributed by atoms with Crippen molar-refractivity contribution >= 4 is 16.8 Å². The van der Waals surface area contributed by atoms with Gasteiger partial charge in [0.1, 0.15) is 0 Å². The zero-order valence-electron chi connectivity index (χ0n) is 12.2. The lowest BCUT2D eigenvalue weighted by Crippen LogP contribution is -2.25. The molecule has 0 saturated heterocycles. The average Bonchev–Trinajstić information content (AvgIpc) is 3.31. The zero-order valence-corrected chi connectivity index (χ0v) is 12.2. The second-order valence-corrected chi connectivity index (χ2v) is 5.72. The van der Waals surface area contributed by atoms with Gasteiger partial charge in [0.25, 0.3) is 5.91 Å². The number of carbonyl (C=O) groups is 1. The summed E-state index contributed by atoms with van der Waals surface area (Å²) in [5.41, 5.74) is 3.73. The number of benzene rings is 1. The summed E-state index contributed by atoms with van der Waals surface area (Å²) < 4.78 is 0. The van der Waals surface area contributed by atoms with E-state index in [1.54, 1.807) is 0 Å². The number of hydrogen-bond acceptors (Lipinski definition) is 3. The molecule has 3 rings (SSSR count). The Morgan fingerprint density at radius 1 is 1.38 bits per heavy atom. The van der Waals surface area contributed by atoms with Crippen LogP contribution in [0.2, 0.25) is 0 Å². The lowest BCUT2D eigenvalue weighted by molar-refractivity contribution is 0.0952. The molecule has 1 fully saturated rings. The fraction of sp³-hybridized carbons (Fsp3) is 0.412. The Bertz CT molecular complexity index is 678. The topological polar surface area (TPSA) is 62.2 Å². The Morgan fingerprint density at radius 3 is 2.90 bits per heavy atom. The van der Waals surface area contributed by atoms with Crippen LogP contribution >= 0.6 is 0 Å². The van der Waals surface area contributed by atoms with Gasteiger partial charge in [-0.3, -0.25) is 9.78 Å². The molecule has 0 spiro atoms. The number of aliphatic hydroxyl groups is 1. The number of aryl methyl sites for hydroxylation is 1. The summed E-state index contributed by atoms with van der Waals surface area (Å²) in [6.45, 7) is 2.59. The van der Waals surface area contributed by atoms with Gasteiger partial charge >= 0.3 is 0 Å². The molecular formula is C17H20N2O2. The summed E-state index contributed by atoms with van der Waals surface area (Å²) >= 11 is 0. The maximum absolute atomic E-state index is 12.4. The average molecular weight is 284 g/mol. The van der Waals surface area contributed by atoms with Gasteiger partial charge in [-0.25, -0.2) is 0 Å². The fourth-order valence-corrected chi connectivity index (χ4v) is 2.51. The summed E-state index contributed by atoms with van der Waals surface area (Å²) in [4.78, 5) is 17.1. The maximum Gasteiger partial charge on any atom is 0.252 e. The third kappa shape index (κ3) is 3.05. The van der Waals surface area contributed by atoms with Gasteiger partial charge in [-0.1, -0.05) is 11.6 Å². The van der Waals surface area contributed by atoms with Gasteiger partial charge in [0.15, 0.2) is 0 Å². The Labute approximate surface area is 124 Å². The minimum absolute atomic E-state index is 0.0802. The van der Waals surface area contributed by atoms with E-state index < -0.39 is 0 Å². The molecule has 0 atom stereocenters. The number of aromatic nitrogens is 1. The van der Waals surface area contributed by atoms with Crippen LogP contribution in [0.15, 0.2) is 24.3 Å². The summed E-state index contributed by atoms with van der Waals surface area (Å²) in [5, 5.41) is 12.6. The van der Waals surface area contributed by atoms with Crippen LogP contribution < -0.4 is 5.32 Å². The van der Waals surface area contributed by atoms with Crippen molar-refractivity contribution in [2.45, 2.75) is 32.1 Å². The van der Waals surface area contributed by atoms with Gasteiger partial charge in [-0.05, 0) is 44.4 Å². The minimum Gasteiger partial charge on any atom is -0.396 e. The van der Waals surface area contributed by atoms with Crippen molar-refractivity contribution in [3.05, 3.63) is 41.1 Å². The van der Waals surface area contributed by atoms with Crippen LogP contribution in [0.5, 0.6) is 0 Å². The molecule has 1 aliphatic rings. The predicted octanol–water partition coefficient (Wildman–Crippen LogP) is 2.53. The van der Waals surface area contributed by atoms with E-state index in [0.29, 0.717) is 24.4 Å². The standard InChI is InChI=1S/C17H20N2O2/c1-11-3-6-15-13(9-11)14(17(21)18-7-2-8-20)10-16(19-15)12-4-5-12/h3,6,9-10,12,20H,2,4-5,7-8H2,1H3,(H,18,21). The van der Waals surface area contributed by atoms with E-state index in [1.807, 2.05) is 31.2 Å². The molecule has 1 amide bonds. The quantitative estimate of drug-likeness (QED) is 0.829. The number of aliphatic hydroxyl groups excluding tert-OH is 1. The number of amides is 1. The van der Waals surface area contributed by atoms with Crippen LogP contribution in [0.1, 0.15) is 46.8 Å². The Morgan fingerprint density at radius 2 is 2.19 bits per heavy atom. The highest BCUT2D eigenvalue weighted by molar-refractivity contribution is 6.06. The van der Waals surface area contributed by atoms with Crippen molar-refractivity contribution in [2.75, 3.05) is 13.2 Å². The van der Waals surface area contributed by atoms with Gasteiger partial charge in [0.2, 0.25) is 0 Å². The molecule has 21 heavy (non-hydrogen) atoms. The number of fused-ring (bicyclic) bond motifs is 1. The Hall–Kier alpha value is -1.94. The largest absolute Gasteiger partial charge is 0.396 e. The van der Waals surface area contributed by atoms with Crippen LogP contribution in [0.3, 0.4) is 0 Å². The van der Waals surface area contributed by atoms with Gasteiger partial charge in [0.05, 0.1) is 11.1 Å². The fourth-order valence-electron chi connectivity index (χ4n) is 2.51. The van der Waals surface area contributed by atoms with Crippen molar-refractivity contribution in [1.82, 2.24) is 10.3 Å². The highest BCUT2D eigenvalue weighted by atomic mass is 16.3. The highest BCUT2D eigenvalue weighted by Crippen LogP contribution is 2.40.